The molecular weight excluding hydrogens is 442 g/mol. The van der Waals surface area contributed by atoms with E-state index in [2.05, 4.69) is 5.32 Å². The highest BCUT2D eigenvalue weighted by Gasteiger charge is 2.39. The molecular formula is C24H25N3O7. The Hall–Kier alpha value is -4.34. The summed E-state index contributed by atoms with van der Waals surface area (Å²) in [5.41, 5.74) is 1.58. The lowest BCUT2D eigenvalue weighted by atomic mass is 10.0. The largest absolute Gasteiger partial charge is 0.497 e. The Balaban J connectivity index is 2.10. The molecule has 1 atom stereocenters. The number of anilines is 1. The number of hydrogen-bond donors (Lipinski definition) is 2. The Morgan fingerprint density at radius 2 is 1.88 bits per heavy atom. The van der Waals surface area contributed by atoms with Crippen LogP contribution in [-0.2, 0) is 14.4 Å². The molecule has 3 rings (SSSR count). The van der Waals surface area contributed by atoms with Crippen LogP contribution in [0, 0.1) is 0 Å². The number of benzene rings is 2. The minimum absolute atomic E-state index is 0.176. The third-order valence-electron chi connectivity index (χ3n) is 5.25. The maximum absolute atomic E-state index is 13.1. The van der Waals surface area contributed by atoms with E-state index in [1.54, 1.807) is 43.5 Å². The first-order chi connectivity index (χ1) is 16.3. The van der Waals surface area contributed by atoms with Crippen molar-refractivity contribution < 1.29 is 33.8 Å². The Labute approximate surface area is 196 Å². The molecule has 0 fully saturated rings. The average molecular weight is 467 g/mol. The predicted molar refractivity (Wildman–Crippen MR) is 124 cm³/mol. The number of likely N-dealkylation sites (N-methyl/N-ethyl adjacent to an activating group) is 1. The Kier molecular flexibility index (Phi) is 7.52. The monoisotopic (exact) mass is 467 g/mol. The minimum Gasteiger partial charge on any atom is -0.497 e. The van der Waals surface area contributed by atoms with Gasteiger partial charge in [-0.05, 0) is 35.9 Å². The number of carboxylic acids is 1. The fourth-order valence-electron chi connectivity index (χ4n) is 3.51. The van der Waals surface area contributed by atoms with Crippen LogP contribution in [-0.4, -0.2) is 67.6 Å². The first kappa shape index (κ1) is 24.3. The van der Waals surface area contributed by atoms with Gasteiger partial charge in [0, 0.05) is 37.1 Å². The summed E-state index contributed by atoms with van der Waals surface area (Å²) >= 11 is 0. The van der Waals surface area contributed by atoms with Crippen molar-refractivity contribution in [1.82, 2.24) is 10.2 Å². The molecule has 1 unspecified atom stereocenters. The highest BCUT2D eigenvalue weighted by molar-refractivity contribution is 6.19. The fraction of sp³-hybridized carbons (Fsp3) is 0.250. The molecule has 10 nitrogen and oxygen atoms in total. The molecule has 2 N–H and O–H groups in total. The lowest BCUT2D eigenvalue weighted by Crippen LogP contribution is -2.57. The van der Waals surface area contributed by atoms with Gasteiger partial charge in [0.15, 0.2) is 11.8 Å². The molecule has 0 aliphatic carbocycles. The van der Waals surface area contributed by atoms with Crippen LogP contribution < -0.4 is 19.7 Å². The molecule has 0 saturated carbocycles. The number of carboxylic acid groups (broad SMARTS) is 1. The highest BCUT2D eigenvalue weighted by Crippen LogP contribution is 2.36. The molecule has 1 aliphatic rings. The molecule has 2 aromatic rings. The van der Waals surface area contributed by atoms with Crippen LogP contribution in [0.25, 0.3) is 11.1 Å². The average Bonchev–Trinajstić information content (AvgIpc) is 2.83. The number of rotatable bonds is 8. The van der Waals surface area contributed by atoms with Crippen molar-refractivity contribution in [3.63, 3.8) is 0 Å². The van der Waals surface area contributed by atoms with Gasteiger partial charge < -0.3 is 24.8 Å². The molecule has 3 amide bonds. The van der Waals surface area contributed by atoms with E-state index in [0.717, 1.165) is 10.5 Å². The van der Waals surface area contributed by atoms with E-state index in [9.17, 15) is 19.2 Å². The van der Waals surface area contributed by atoms with Crippen molar-refractivity contribution in [2.75, 3.05) is 32.7 Å². The topological polar surface area (TPSA) is 125 Å². The molecule has 1 aliphatic heterocycles. The number of ketones is 1. The van der Waals surface area contributed by atoms with Crippen LogP contribution in [0.15, 0.2) is 54.7 Å². The number of ether oxygens (including phenoxy) is 2. The van der Waals surface area contributed by atoms with Gasteiger partial charge in [-0.3, -0.25) is 19.3 Å². The second kappa shape index (κ2) is 10.5. The highest BCUT2D eigenvalue weighted by atomic mass is 16.5. The van der Waals surface area contributed by atoms with Gasteiger partial charge in [0.1, 0.15) is 11.5 Å². The maximum atomic E-state index is 13.1. The van der Waals surface area contributed by atoms with Crippen molar-refractivity contribution in [3.05, 3.63) is 54.7 Å². The van der Waals surface area contributed by atoms with E-state index < -0.39 is 29.7 Å². The zero-order chi connectivity index (χ0) is 24.8. The second-order valence-corrected chi connectivity index (χ2v) is 7.43. The van der Waals surface area contributed by atoms with Crippen LogP contribution in [0.4, 0.5) is 10.5 Å². The van der Waals surface area contributed by atoms with Gasteiger partial charge in [-0.25, -0.2) is 4.79 Å². The Bertz CT molecular complexity index is 1150. The van der Waals surface area contributed by atoms with Crippen molar-refractivity contribution in [1.29, 1.82) is 0 Å². The summed E-state index contributed by atoms with van der Waals surface area (Å²) in [6, 6.07) is 9.76. The molecule has 178 valence electrons. The lowest BCUT2D eigenvalue weighted by Gasteiger charge is -2.33. The first-order valence-electron chi connectivity index (χ1n) is 10.4. The molecule has 2 aromatic carbocycles. The number of nitrogens with zero attached hydrogens (tertiary/aromatic N) is 2. The minimum atomic E-state index is -1.45. The number of methoxy groups -OCH3 is 2. The second-order valence-electron chi connectivity index (χ2n) is 7.43. The van der Waals surface area contributed by atoms with Gasteiger partial charge in [-0.2, -0.15) is 0 Å². The summed E-state index contributed by atoms with van der Waals surface area (Å²) in [5, 5.41) is 11.4. The number of carbonyl (C=O) groups is 4. The van der Waals surface area contributed by atoms with Crippen LogP contribution in [0.3, 0.4) is 0 Å². The van der Waals surface area contributed by atoms with Gasteiger partial charge >= 0.3 is 12.0 Å². The van der Waals surface area contributed by atoms with Gasteiger partial charge in [0.05, 0.1) is 20.6 Å². The van der Waals surface area contributed by atoms with Crippen molar-refractivity contribution in [2.24, 2.45) is 0 Å². The molecule has 1 heterocycles. The zero-order valence-corrected chi connectivity index (χ0v) is 19.0. The van der Waals surface area contributed by atoms with E-state index in [0.29, 0.717) is 17.1 Å². The molecule has 0 spiro atoms. The van der Waals surface area contributed by atoms with Gasteiger partial charge in [-0.1, -0.05) is 12.1 Å². The van der Waals surface area contributed by atoms with Crippen molar-refractivity contribution in [3.8, 4) is 22.6 Å². The van der Waals surface area contributed by atoms with E-state index in [4.69, 9.17) is 14.6 Å². The standard InChI is InChI=1S/C24H25N3O7/c1-26-12-10-19(28)22(23(26)31)27(24(32)25-11-9-21(29)30)16-7-8-20(34-3)18(14-16)15-5-4-6-17(13-15)33-2/h4-8,10,12-14,22H,9,11H2,1-3H3,(H,25,32)(H,29,30). The van der Waals surface area contributed by atoms with Gasteiger partial charge in [-0.15, -0.1) is 0 Å². The number of carbonyl (C=O) groups excluding carboxylic acids is 3. The van der Waals surface area contributed by atoms with E-state index in [-0.39, 0.29) is 18.7 Å². The third-order valence-corrected chi connectivity index (χ3v) is 5.25. The normalized spacial score (nSPS) is 15.1. The number of amides is 3. The van der Waals surface area contributed by atoms with Crippen LogP contribution in [0.2, 0.25) is 0 Å². The summed E-state index contributed by atoms with van der Waals surface area (Å²) in [5.74, 6) is -1.15. The predicted octanol–water partition coefficient (Wildman–Crippen LogP) is 2.28. The summed E-state index contributed by atoms with van der Waals surface area (Å²) in [6.07, 6.45) is 2.23. The van der Waals surface area contributed by atoms with Crippen molar-refractivity contribution in [2.45, 2.75) is 12.5 Å². The summed E-state index contributed by atoms with van der Waals surface area (Å²) in [6.45, 7) is -0.176. The van der Waals surface area contributed by atoms with E-state index >= 15 is 0 Å². The zero-order valence-electron chi connectivity index (χ0n) is 19.0. The van der Waals surface area contributed by atoms with E-state index in [1.807, 2.05) is 6.07 Å². The molecule has 0 radical (unpaired) electrons. The fourth-order valence-corrected chi connectivity index (χ4v) is 3.51. The summed E-state index contributed by atoms with van der Waals surface area (Å²) in [7, 11) is 4.53. The van der Waals surface area contributed by atoms with Crippen LogP contribution >= 0.6 is 0 Å². The van der Waals surface area contributed by atoms with E-state index in [1.165, 1.54) is 31.3 Å². The third kappa shape index (κ3) is 5.17. The number of nitrogens with one attached hydrogen (secondary N) is 1. The molecule has 0 aromatic heterocycles. The van der Waals surface area contributed by atoms with Crippen LogP contribution in [0.5, 0.6) is 11.5 Å². The number of aliphatic carboxylic acids is 1. The van der Waals surface area contributed by atoms with Gasteiger partial charge in [0.25, 0.3) is 5.91 Å². The lowest BCUT2D eigenvalue weighted by molar-refractivity contribution is -0.137. The molecule has 34 heavy (non-hydrogen) atoms. The molecule has 0 saturated heterocycles. The Morgan fingerprint density at radius 3 is 2.56 bits per heavy atom. The van der Waals surface area contributed by atoms with Crippen molar-refractivity contribution >= 4 is 29.4 Å². The maximum Gasteiger partial charge on any atom is 0.323 e. The SMILES string of the molecule is COc1cccc(-c2cc(N(C(=O)NCCC(=O)O)C3C(=O)C=CN(C)C3=O)ccc2OC)c1. The molecule has 0 bridgehead atoms. The smallest absolute Gasteiger partial charge is 0.323 e. The number of hydrogen-bond acceptors (Lipinski definition) is 6. The summed E-state index contributed by atoms with van der Waals surface area (Å²) < 4.78 is 10.8. The quantitative estimate of drug-likeness (QED) is 0.571. The van der Waals surface area contributed by atoms with Crippen LogP contribution in [0.1, 0.15) is 6.42 Å². The Morgan fingerprint density at radius 1 is 1.12 bits per heavy atom. The summed E-state index contributed by atoms with van der Waals surface area (Å²) in [4.78, 5) is 51.9. The number of urea groups is 1. The first-order valence-corrected chi connectivity index (χ1v) is 10.4. The molecule has 10 heteroatoms. The van der Waals surface area contributed by atoms with Gasteiger partial charge in [0.2, 0.25) is 0 Å².